The Morgan fingerprint density at radius 2 is 1.79 bits per heavy atom. The van der Waals surface area contributed by atoms with Gasteiger partial charge < -0.3 is 18.9 Å². The Morgan fingerprint density at radius 1 is 1.29 bits per heavy atom. The number of carbonyl (C=O) groups excluding carboxylic acids is 1. The molecule has 0 aliphatic rings. The molecule has 0 saturated heterocycles. The van der Waals surface area contributed by atoms with E-state index in [1.807, 2.05) is 0 Å². The van der Waals surface area contributed by atoms with Crippen LogP contribution in [-0.2, 0) is 23.7 Å². The van der Waals surface area contributed by atoms with E-state index >= 15 is 0 Å². The van der Waals surface area contributed by atoms with E-state index in [1.165, 1.54) is 28.3 Å². The van der Waals surface area contributed by atoms with Crippen LogP contribution in [0.15, 0.2) is 12.2 Å². The van der Waals surface area contributed by atoms with Gasteiger partial charge in [-0.05, 0) is 6.92 Å². The maximum absolute atomic E-state index is 11.2. The van der Waals surface area contributed by atoms with Crippen LogP contribution in [0.3, 0.4) is 0 Å². The van der Waals surface area contributed by atoms with Crippen LogP contribution in [0.5, 0.6) is 0 Å². The van der Waals surface area contributed by atoms with Crippen molar-refractivity contribution in [2.45, 2.75) is 12.9 Å². The summed E-state index contributed by atoms with van der Waals surface area (Å²) in [5, 5.41) is 0. The van der Waals surface area contributed by atoms with Gasteiger partial charge in [0.05, 0.1) is 0 Å². The Morgan fingerprint density at radius 3 is 2.07 bits per heavy atom. The number of esters is 1. The van der Waals surface area contributed by atoms with Crippen LogP contribution in [-0.4, -0.2) is 33.3 Å². The molecule has 5 heteroatoms. The van der Waals surface area contributed by atoms with Crippen molar-refractivity contribution in [3.63, 3.8) is 0 Å². The summed E-state index contributed by atoms with van der Waals surface area (Å²) in [5.74, 6) is -2.24. The molecule has 0 N–H and O–H groups in total. The lowest BCUT2D eigenvalue weighted by Crippen LogP contribution is -2.40. The zero-order valence-electron chi connectivity index (χ0n) is 8.83. The Labute approximate surface area is 83.6 Å². The van der Waals surface area contributed by atoms with Gasteiger partial charge in [-0.25, -0.2) is 4.79 Å². The molecule has 0 unspecified atom stereocenters. The van der Waals surface area contributed by atoms with Crippen LogP contribution in [0.25, 0.3) is 0 Å². The summed E-state index contributed by atoms with van der Waals surface area (Å²) in [6.45, 7) is 6.07. The minimum atomic E-state index is -1.62. The van der Waals surface area contributed by atoms with Crippen molar-refractivity contribution in [2.24, 2.45) is 0 Å². The lowest BCUT2D eigenvalue weighted by molar-refractivity contribution is -0.336. The lowest BCUT2D eigenvalue weighted by Gasteiger charge is -2.28. The van der Waals surface area contributed by atoms with Gasteiger partial charge in [-0.1, -0.05) is 6.58 Å². The quantitative estimate of drug-likeness (QED) is 0.364. The summed E-state index contributed by atoms with van der Waals surface area (Å²) in [6.07, 6.45) is 0. The number of methoxy groups -OCH3 is 3. The average molecular weight is 203 g/mol. The summed E-state index contributed by atoms with van der Waals surface area (Å²) in [7, 11) is 4.04. The molecule has 0 heterocycles. The minimum absolute atomic E-state index is 0.243. The van der Waals surface area contributed by atoms with Gasteiger partial charge in [-0.15, -0.1) is 0 Å². The fraction of sp³-hybridized carbons (Fsp3) is 0.556. The molecule has 0 aliphatic carbocycles. The minimum Gasteiger partial charge on any atom is -0.402 e. The molecule has 81 valence electrons. The topological polar surface area (TPSA) is 54.0 Å². The molecule has 1 radical (unpaired) electrons. The van der Waals surface area contributed by atoms with E-state index in [4.69, 9.17) is 14.2 Å². The van der Waals surface area contributed by atoms with Gasteiger partial charge in [0.15, 0.2) is 6.61 Å². The standard InChI is InChI=1S/C9H15O5/c1-7(2)8(10)14-9(12-4,13-5)6-11-3/h6H,1H2,2-5H3. The zero-order valence-corrected chi connectivity index (χ0v) is 8.83. The van der Waals surface area contributed by atoms with E-state index in [-0.39, 0.29) is 5.57 Å². The van der Waals surface area contributed by atoms with Crippen LogP contribution in [0.1, 0.15) is 6.92 Å². The third kappa shape index (κ3) is 3.45. The highest BCUT2D eigenvalue weighted by molar-refractivity contribution is 5.87. The molecule has 14 heavy (non-hydrogen) atoms. The first-order valence-electron chi connectivity index (χ1n) is 3.87. The van der Waals surface area contributed by atoms with Crippen LogP contribution in [0.4, 0.5) is 0 Å². The smallest absolute Gasteiger partial charge is 0.359 e. The van der Waals surface area contributed by atoms with Crippen LogP contribution in [0, 0.1) is 6.61 Å². The molecule has 0 saturated carbocycles. The molecule has 0 aromatic heterocycles. The van der Waals surface area contributed by atoms with E-state index in [1.54, 1.807) is 0 Å². The lowest BCUT2D eigenvalue weighted by atomic mass is 10.4. The largest absolute Gasteiger partial charge is 0.402 e. The fourth-order valence-electron chi connectivity index (χ4n) is 0.648. The SMILES string of the molecule is C=C(C)C(=O)OC([CH]OC)(OC)OC. The molecular weight excluding hydrogens is 188 g/mol. The summed E-state index contributed by atoms with van der Waals surface area (Å²) in [5.41, 5.74) is 0.243. The second kappa shape index (κ2) is 5.74. The molecule has 0 amide bonds. The molecule has 0 atom stereocenters. The predicted octanol–water partition coefficient (Wildman–Crippen LogP) is 0.860. The number of hydrogen-bond acceptors (Lipinski definition) is 5. The fourth-order valence-corrected chi connectivity index (χ4v) is 0.648. The summed E-state index contributed by atoms with van der Waals surface area (Å²) in [4.78, 5) is 11.2. The van der Waals surface area contributed by atoms with Crippen molar-refractivity contribution in [2.75, 3.05) is 21.3 Å². The highest BCUT2D eigenvalue weighted by atomic mass is 16.9. The van der Waals surface area contributed by atoms with Crippen LogP contribution in [0.2, 0.25) is 0 Å². The van der Waals surface area contributed by atoms with Crippen molar-refractivity contribution in [3.05, 3.63) is 18.8 Å². The number of carbonyl (C=O) groups is 1. The van der Waals surface area contributed by atoms with Crippen molar-refractivity contribution >= 4 is 5.97 Å². The predicted molar refractivity (Wildman–Crippen MR) is 49.0 cm³/mol. The molecule has 0 aromatic carbocycles. The molecule has 0 fully saturated rings. The first-order chi connectivity index (χ1) is 6.51. The van der Waals surface area contributed by atoms with Crippen molar-refractivity contribution in [1.29, 1.82) is 0 Å². The molecule has 0 aliphatic heterocycles. The van der Waals surface area contributed by atoms with Crippen LogP contribution < -0.4 is 0 Å². The van der Waals surface area contributed by atoms with E-state index in [0.29, 0.717) is 0 Å². The second-order valence-corrected chi connectivity index (χ2v) is 2.54. The van der Waals surface area contributed by atoms with E-state index in [9.17, 15) is 4.79 Å². The highest BCUT2D eigenvalue weighted by Gasteiger charge is 2.36. The van der Waals surface area contributed by atoms with Gasteiger partial charge >= 0.3 is 11.9 Å². The van der Waals surface area contributed by atoms with Gasteiger partial charge in [0.2, 0.25) is 0 Å². The maximum Gasteiger partial charge on any atom is 0.359 e. The van der Waals surface area contributed by atoms with Gasteiger partial charge in [-0.3, -0.25) is 0 Å². The normalized spacial score (nSPS) is 11.1. The van der Waals surface area contributed by atoms with E-state index in [0.717, 1.165) is 6.61 Å². The first-order valence-corrected chi connectivity index (χ1v) is 3.87. The molecule has 5 nitrogen and oxygen atoms in total. The molecule has 0 aromatic rings. The Hall–Kier alpha value is -0.910. The third-order valence-corrected chi connectivity index (χ3v) is 1.41. The van der Waals surface area contributed by atoms with Gasteiger partial charge in [-0.2, -0.15) is 0 Å². The van der Waals surface area contributed by atoms with E-state index in [2.05, 4.69) is 11.3 Å². The molecule has 0 rings (SSSR count). The number of ether oxygens (including phenoxy) is 4. The van der Waals surface area contributed by atoms with Crippen LogP contribution >= 0.6 is 0 Å². The van der Waals surface area contributed by atoms with Crippen molar-refractivity contribution in [3.8, 4) is 0 Å². The summed E-state index contributed by atoms with van der Waals surface area (Å²) in [6, 6.07) is 0. The Balaban J connectivity index is 4.49. The molecular formula is C9H15O5. The van der Waals surface area contributed by atoms with E-state index < -0.39 is 11.9 Å². The van der Waals surface area contributed by atoms with Crippen molar-refractivity contribution < 1.29 is 23.7 Å². The Kier molecular flexibility index (Phi) is 5.37. The van der Waals surface area contributed by atoms with Gasteiger partial charge in [0.25, 0.3) is 0 Å². The maximum atomic E-state index is 11.2. The van der Waals surface area contributed by atoms with Crippen molar-refractivity contribution in [1.82, 2.24) is 0 Å². The highest BCUT2D eigenvalue weighted by Crippen LogP contribution is 2.18. The average Bonchev–Trinajstić information content (AvgIpc) is 2.16. The van der Waals surface area contributed by atoms with Gasteiger partial charge in [0.1, 0.15) is 0 Å². The Bertz CT molecular complexity index is 207. The summed E-state index contributed by atoms with van der Waals surface area (Å²) >= 11 is 0. The second-order valence-electron chi connectivity index (χ2n) is 2.54. The monoisotopic (exact) mass is 203 g/mol. The first kappa shape index (κ1) is 13.1. The third-order valence-electron chi connectivity index (χ3n) is 1.41. The molecule has 0 bridgehead atoms. The number of rotatable bonds is 6. The molecule has 0 spiro atoms. The zero-order chi connectivity index (χ0) is 11.2. The summed E-state index contributed by atoms with van der Waals surface area (Å²) < 4.78 is 19.3. The van der Waals surface area contributed by atoms with Gasteiger partial charge in [0, 0.05) is 26.9 Å². The number of hydrogen-bond donors (Lipinski definition) is 0.